The molecule has 130 valence electrons. The summed E-state index contributed by atoms with van der Waals surface area (Å²) < 4.78 is 7.42. The number of para-hydroxylation sites is 2. The summed E-state index contributed by atoms with van der Waals surface area (Å²) in [6.45, 7) is 0.923. The van der Waals surface area contributed by atoms with Crippen molar-refractivity contribution in [2.24, 2.45) is 5.73 Å². The SMILES string of the molecule is NC(=O)Cc1nc2ccccc2n1CC(O)COCc1ccccc1. The van der Waals surface area contributed by atoms with E-state index in [-0.39, 0.29) is 19.6 Å². The number of ether oxygens (including phenoxy) is 1. The molecule has 0 bridgehead atoms. The molecule has 6 nitrogen and oxygen atoms in total. The summed E-state index contributed by atoms with van der Waals surface area (Å²) in [5.74, 6) is 0.0992. The summed E-state index contributed by atoms with van der Waals surface area (Å²) in [4.78, 5) is 15.7. The van der Waals surface area contributed by atoms with Crippen LogP contribution < -0.4 is 5.73 Å². The van der Waals surface area contributed by atoms with Gasteiger partial charge in [0.15, 0.2) is 0 Å². The number of carbonyl (C=O) groups is 1. The summed E-state index contributed by atoms with van der Waals surface area (Å²) in [5, 5.41) is 10.3. The molecule has 1 amide bonds. The molecule has 0 fully saturated rings. The molecule has 0 radical (unpaired) electrons. The van der Waals surface area contributed by atoms with Gasteiger partial charge in [0.05, 0.1) is 43.3 Å². The van der Waals surface area contributed by atoms with Crippen LogP contribution in [0.25, 0.3) is 11.0 Å². The van der Waals surface area contributed by atoms with E-state index in [1.54, 1.807) is 0 Å². The third-order valence-corrected chi connectivity index (χ3v) is 3.88. The number of carbonyl (C=O) groups excluding carboxylic acids is 1. The molecule has 25 heavy (non-hydrogen) atoms. The van der Waals surface area contributed by atoms with Gasteiger partial charge in [0.25, 0.3) is 0 Å². The predicted molar refractivity (Wildman–Crippen MR) is 94.7 cm³/mol. The monoisotopic (exact) mass is 339 g/mol. The maximum Gasteiger partial charge on any atom is 0.225 e. The van der Waals surface area contributed by atoms with Crippen LogP contribution in [0, 0.1) is 0 Å². The van der Waals surface area contributed by atoms with Crippen molar-refractivity contribution >= 4 is 16.9 Å². The van der Waals surface area contributed by atoms with E-state index >= 15 is 0 Å². The molecule has 1 heterocycles. The second-order valence-corrected chi connectivity index (χ2v) is 5.92. The first kappa shape index (κ1) is 17.1. The molecule has 0 aliphatic heterocycles. The van der Waals surface area contributed by atoms with Crippen molar-refractivity contribution in [1.82, 2.24) is 9.55 Å². The standard InChI is InChI=1S/C19H21N3O3/c20-18(24)10-19-21-16-8-4-5-9-17(16)22(19)11-15(23)13-25-12-14-6-2-1-3-7-14/h1-9,15,23H,10-13H2,(H2,20,24). The van der Waals surface area contributed by atoms with Crippen LogP contribution in [-0.4, -0.2) is 33.3 Å². The zero-order valence-electron chi connectivity index (χ0n) is 13.8. The van der Waals surface area contributed by atoms with Gasteiger partial charge in [0, 0.05) is 0 Å². The molecule has 3 rings (SSSR count). The highest BCUT2D eigenvalue weighted by atomic mass is 16.5. The normalized spacial score (nSPS) is 12.4. The van der Waals surface area contributed by atoms with Gasteiger partial charge in [-0.3, -0.25) is 4.79 Å². The molecule has 0 saturated heterocycles. The van der Waals surface area contributed by atoms with Crippen LogP contribution in [0.5, 0.6) is 0 Å². The number of aliphatic hydroxyl groups excluding tert-OH is 1. The van der Waals surface area contributed by atoms with E-state index in [1.165, 1.54) is 0 Å². The van der Waals surface area contributed by atoms with Gasteiger partial charge in [0.1, 0.15) is 5.82 Å². The molecule has 0 aliphatic rings. The van der Waals surface area contributed by atoms with E-state index in [0.717, 1.165) is 16.6 Å². The maximum atomic E-state index is 11.3. The Hall–Kier alpha value is -2.70. The molecule has 3 N–H and O–H groups in total. The van der Waals surface area contributed by atoms with Crippen LogP contribution in [0.3, 0.4) is 0 Å². The highest BCUT2D eigenvalue weighted by molar-refractivity contribution is 5.80. The topological polar surface area (TPSA) is 90.4 Å². The number of benzene rings is 2. The Morgan fingerprint density at radius 1 is 1.16 bits per heavy atom. The van der Waals surface area contributed by atoms with E-state index in [1.807, 2.05) is 59.2 Å². The lowest BCUT2D eigenvalue weighted by Crippen LogP contribution is -2.25. The third-order valence-electron chi connectivity index (χ3n) is 3.88. The van der Waals surface area contributed by atoms with Gasteiger partial charge in [-0.05, 0) is 17.7 Å². The summed E-state index contributed by atoms with van der Waals surface area (Å²) in [6.07, 6.45) is -0.681. The van der Waals surface area contributed by atoms with Crippen molar-refractivity contribution < 1.29 is 14.6 Å². The Morgan fingerprint density at radius 2 is 1.88 bits per heavy atom. The largest absolute Gasteiger partial charge is 0.389 e. The van der Waals surface area contributed by atoms with Crippen LogP contribution >= 0.6 is 0 Å². The van der Waals surface area contributed by atoms with Crippen LogP contribution in [0.15, 0.2) is 54.6 Å². The van der Waals surface area contributed by atoms with Gasteiger partial charge in [-0.2, -0.15) is 0 Å². The van der Waals surface area contributed by atoms with Gasteiger partial charge in [0.2, 0.25) is 5.91 Å². The number of nitrogens with zero attached hydrogens (tertiary/aromatic N) is 2. The lowest BCUT2D eigenvalue weighted by Gasteiger charge is -2.15. The minimum atomic E-state index is -0.715. The Bertz CT molecular complexity index is 846. The van der Waals surface area contributed by atoms with E-state index < -0.39 is 12.0 Å². The third kappa shape index (κ3) is 4.43. The van der Waals surface area contributed by atoms with Crippen molar-refractivity contribution in [3.8, 4) is 0 Å². The smallest absolute Gasteiger partial charge is 0.225 e. The average Bonchev–Trinajstić information content (AvgIpc) is 2.92. The van der Waals surface area contributed by atoms with Crippen molar-refractivity contribution in [2.45, 2.75) is 25.7 Å². The van der Waals surface area contributed by atoms with Gasteiger partial charge in [-0.25, -0.2) is 4.98 Å². The van der Waals surface area contributed by atoms with E-state index in [4.69, 9.17) is 10.5 Å². The van der Waals surface area contributed by atoms with Gasteiger partial charge in [-0.15, -0.1) is 0 Å². The number of hydrogen-bond donors (Lipinski definition) is 2. The van der Waals surface area contributed by atoms with Gasteiger partial charge in [-0.1, -0.05) is 42.5 Å². The first-order valence-electron chi connectivity index (χ1n) is 8.15. The first-order chi connectivity index (χ1) is 12.1. The molecule has 6 heteroatoms. The highest BCUT2D eigenvalue weighted by Crippen LogP contribution is 2.17. The number of fused-ring (bicyclic) bond motifs is 1. The number of primary amides is 1. The summed E-state index contributed by atoms with van der Waals surface area (Å²) >= 11 is 0. The molecule has 0 aliphatic carbocycles. The Kier molecular flexibility index (Phi) is 5.42. The molecule has 1 atom stereocenters. The molecule has 0 saturated carbocycles. The molecular weight excluding hydrogens is 318 g/mol. The Morgan fingerprint density at radius 3 is 2.64 bits per heavy atom. The summed E-state index contributed by atoms with van der Waals surface area (Å²) in [7, 11) is 0. The number of aliphatic hydroxyl groups is 1. The van der Waals surface area contributed by atoms with E-state index in [9.17, 15) is 9.90 Å². The fourth-order valence-corrected chi connectivity index (χ4v) is 2.77. The Balaban J connectivity index is 1.67. The van der Waals surface area contributed by atoms with Crippen LogP contribution in [0.2, 0.25) is 0 Å². The molecule has 2 aromatic carbocycles. The lowest BCUT2D eigenvalue weighted by atomic mass is 10.2. The van der Waals surface area contributed by atoms with Crippen LogP contribution in [-0.2, 0) is 29.1 Å². The van der Waals surface area contributed by atoms with Crippen molar-refractivity contribution in [3.05, 3.63) is 66.0 Å². The van der Waals surface area contributed by atoms with Gasteiger partial charge < -0.3 is 20.1 Å². The lowest BCUT2D eigenvalue weighted by molar-refractivity contribution is -0.117. The van der Waals surface area contributed by atoms with Crippen molar-refractivity contribution in [3.63, 3.8) is 0 Å². The fourth-order valence-electron chi connectivity index (χ4n) is 2.77. The minimum absolute atomic E-state index is 0.0340. The van der Waals surface area contributed by atoms with E-state index in [2.05, 4.69) is 4.98 Å². The molecule has 3 aromatic rings. The molecule has 0 spiro atoms. The maximum absolute atomic E-state index is 11.3. The predicted octanol–water partition coefficient (Wildman–Crippen LogP) is 1.64. The van der Waals surface area contributed by atoms with Crippen molar-refractivity contribution in [2.75, 3.05) is 6.61 Å². The number of nitrogens with two attached hydrogens (primary N) is 1. The minimum Gasteiger partial charge on any atom is -0.389 e. The van der Waals surface area contributed by atoms with Gasteiger partial charge >= 0.3 is 0 Å². The number of amides is 1. The zero-order chi connectivity index (χ0) is 17.6. The van der Waals surface area contributed by atoms with Crippen LogP contribution in [0.4, 0.5) is 0 Å². The fraction of sp³-hybridized carbons (Fsp3) is 0.263. The second-order valence-electron chi connectivity index (χ2n) is 5.92. The number of aromatic nitrogens is 2. The second kappa shape index (κ2) is 7.92. The van der Waals surface area contributed by atoms with Crippen LogP contribution in [0.1, 0.15) is 11.4 Å². The molecule has 1 aromatic heterocycles. The number of hydrogen-bond acceptors (Lipinski definition) is 4. The summed E-state index contributed by atoms with van der Waals surface area (Å²) in [5.41, 5.74) is 8.00. The molecular formula is C19H21N3O3. The molecule has 1 unspecified atom stereocenters. The highest BCUT2D eigenvalue weighted by Gasteiger charge is 2.15. The zero-order valence-corrected chi connectivity index (χ0v) is 13.8. The summed E-state index contributed by atoms with van der Waals surface area (Å²) in [6, 6.07) is 17.3. The first-order valence-corrected chi connectivity index (χ1v) is 8.15. The van der Waals surface area contributed by atoms with Crippen molar-refractivity contribution in [1.29, 1.82) is 0 Å². The van der Waals surface area contributed by atoms with E-state index in [0.29, 0.717) is 12.4 Å². The Labute approximate surface area is 145 Å². The average molecular weight is 339 g/mol. The number of imidazole rings is 1. The quantitative estimate of drug-likeness (QED) is 0.653. The number of rotatable bonds is 8.